The Bertz CT molecular complexity index is 625. The Morgan fingerprint density at radius 3 is 2.14 bits per heavy atom. The van der Waals surface area contributed by atoms with Crippen molar-refractivity contribution in [3.05, 3.63) is 46.5 Å². The van der Waals surface area contributed by atoms with E-state index < -0.39 is 6.43 Å². The van der Waals surface area contributed by atoms with Crippen LogP contribution in [0.5, 0.6) is 0 Å². The van der Waals surface area contributed by atoms with Crippen LogP contribution in [-0.2, 0) is 0 Å². The molecule has 0 spiro atoms. The number of rotatable bonds is 5. The van der Waals surface area contributed by atoms with Crippen LogP contribution in [0.3, 0.4) is 0 Å². The van der Waals surface area contributed by atoms with E-state index in [0.717, 1.165) is 43.1 Å². The number of aliphatic imine (C=N–C) groups is 1. The molecule has 0 aliphatic carbocycles. The van der Waals surface area contributed by atoms with Crippen LogP contribution in [0.1, 0.15) is 56.7 Å². The summed E-state index contributed by atoms with van der Waals surface area (Å²) >= 11 is 0. The normalized spacial score (nSPS) is 15.7. The van der Waals surface area contributed by atoms with Gasteiger partial charge in [-0.2, -0.15) is 0 Å². The smallest absolute Gasteiger partial charge is 0.263 e. The van der Waals surface area contributed by atoms with Crippen LogP contribution < -0.4 is 5.32 Å². The number of alkyl halides is 2. The third-order valence-corrected chi connectivity index (χ3v) is 4.76. The van der Waals surface area contributed by atoms with Gasteiger partial charge in [0, 0.05) is 38.8 Å². The molecule has 0 aromatic heterocycles. The molecule has 0 unspecified atom stereocenters. The van der Waals surface area contributed by atoms with Crippen LogP contribution in [0.2, 0.25) is 0 Å². The molecule has 2 rings (SSSR count). The number of aryl methyl sites for hydroxylation is 2. The maximum Gasteiger partial charge on any atom is 0.263 e. The minimum atomic E-state index is -2.35. The highest BCUT2D eigenvalue weighted by atomic mass is 19.3. The summed E-state index contributed by atoms with van der Waals surface area (Å²) in [4.78, 5) is 6.84. The molecule has 5 heteroatoms. The van der Waals surface area contributed by atoms with E-state index in [9.17, 15) is 8.78 Å². The first kappa shape index (κ1) is 24.3. The maximum absolute atomic E-state index is 12.1. The number of hydrogen-bond acceptors (Lipinski definition) is 2. The highest BCUT2D eigenvalue weighted by molar-refractivity contribution is 5.93. The molecule has 1 heterocycles. The van der Waals surface area contributed by atoms with Gasteiger partial charge in [-0.15, -0.1) is 0 Å². The summed E-state index contributed by atoms with van der Waals surface area (Å²) < 4.78 is 24.3. The van der Waals surface area contributed by atoms with Gasteiger partial charge in [0.1, 0.15) is 5.84 Å². The fourth-order valence-corrected chi connectivity index (χ4v) is 3.31. The monoisotopic (exact) mass is 393 g/mol. The summed E-state index contributed by atoms with van der Waals surface area (Å²) in [7, 11) is 1.90. The molecule has 3 nitrogen and oxygen atoms in total. The van der Waals surface area contributed by atoms with Crippen molar-refractivity contribution < 1.29 is 8.78 Å². The van der Waals surface area contributed by atoms with Gasteiger partial charge in [0.25, 0.3) is 6.43 Å². The van der Waals surface area contributed by atoms with E-state index in [1.165, 1.54) is 30.5 Å². The lowest BCUT2D eigenvalue weighted by molar-refractivity contribution is 0.151. The molecule has 158 valence electrons. The highest BCUT2D eigenvalue weighted by Gasteiger charge is 2.13. The average Bonchev–Trinajstić information content (AvgIpc) is 2.65. The number of benzene rings is 1. The van der Waals surface area contributed by atoms with Crippen molar-refractivity contribution in [2.24, 2.45) is 10.9 Å². The van der Waals surface area contributed by atoms with E-state index >= 15 is 0 Å². The lowest BCUT2D eigenvalue weighted by Gasteiger charge is -2.29. The number of nitrogens with zero attached hydrogens (tertiary/aromatic N) is 2. The van der Waals surface area contributed by atoms with E-state index in [1.807, 2.05) is 27.0 Å². The molecule has 28 heavy (non-hydrogen) atoms. The largest absolute Gasteiger partial charge is 0.354 e. The van der Waals surface area contributed by atoms with Crippen molar-refractivity contribution in [3.63, 3.8) is 0 Å². The van der Waals surface area contributed by atoms with Crippen LogP contribution in [0.15, 0.2) is 34.8 Å². The number of amidine groups is 1. The Morgan fingerprint density at radius 1 is 1.14 bits per heavy atom. The summed E-state index contributed by atoms with van der Waals surface area (Å²) in [6.07, 6.45) is 2.35. The Labute approximate surface area is 169 Å². The van der Waals surface area contributed by atoms with Gasteiger partial charge in [0.2, 0.25) is 0 Å². The van der Waals surface area contributed by atoms with Gasteiger partial charge >= 0.3 is 0 Å². The topological polar surface area (TPSA) is 27.6 Å². The van der Waals surface area contributed by atoms with Crippen LogP contribution >= 0.6 is 0 Å². The van der Waals surface area contributed by atoms with E-state index in [2.05, 4.69) is 42.1 Å². The minimum Gasteiger partial charge on any atom is -0.354 e. The van der Waals surface area contributed by atoms with Gasteiger partial charge in [-0.05, 0) is 32.3 Å². The lowest BCUT2D eigenvalue weighted by Crippen LogP contribution is -2.46. The molecule has 0 saturated carbocycles. The van der Waals surface area contributed by atoms with E-state index in [-0.39, 0.29) is 5.56 Å². The van der Waals surface area contributed by atoms with Gasteiger partial charge in [0.05, 0.1) is 0 Å². The molecule has 1 aliphatic rings. The second-order valence-corrected chi connectivity index (χ2v) is 7.66. The number of nitrogens with one attached hydrogen (secondary N) is 1. The molecule has 0 radical (unpaired) electrons. The first-order chi connectivity index (χ1) is 13.3. The predicted octanol–water partition coefficient (Wildman–Crippen LogP) is 5.54. The van der Waals surface area contributed by atoms with E-state index in [4.69, 9.17) is 0 Å². The fourth-order valence-electron chi connectivity index (χ4n) is 3.31. The van der Waals surface area contributed by atoms with Gasteiger partial charge in [-0.3, -0.25) is 4.99 Å². The summed E-state index contributed by atoms with van der Waals surface area (Å²) in [5, 5.41) is 3.38. The Hall–Kier alpha value is -1.75. The second kappa shape index (κ2) is 12.7. The van der Waals surface area contributed by atoms with Crippen molar-refractivity contribution >= 4 is 5.84 Å². The minimum absolute atomic E-state index is 0.113. The molecular weight excluding hydrogens is 356 g/mol. The molecule has 1 aliphatic heterocycles. The van der Waals surface area contributed by atoms with Crippen molar-refractivity contribution in [2.45, 2.75) is 53.9 Å². The van der Waals surface area contributed by atoms with E-state index in [0.29, 0.717) is 5.92 Å². The van der Waals surface area contributed by atoms with Gasteiger partial charge in [0.15, 0.2) is 0 Å². The molecule has 0 atom stereocenters. The molecule has 0 amide bonds. The Balaban J connectivity index is 0.000000307. The molecule has 1 fully saturated rings. The summed E-state index contributed by atoms with van der Waals surface area (Å²) in [5.74, 6) is 1.78. The van der Waals surface area contributed by atoms with Crippen LogP contribution in [0, 0.1) is 19.8 Å². The average molecular weight is 394 g/mol. The van der Waals surface area contributed by atoms with Gasteiger partial charge in [-0.25, -0.2) is 8.78 Å². The van der Waals surface area contributed by atoms with Crippen molar-refractivity contribution in [1.29, 1.82) is 0 Å². The number of hydrogen-bond donors (Lipinski definition) is 1. The molecule has 1 N–H and O–H groups in total. The fraction of sp³-hybridized carbons (Fsp3) is 0.609. The van der Waals surface area contributed by atoms with Gasteiger partial charge in [-0.1, -0.05) is 62.1 Å². The van der Waals surface area contributed by atoms with Crippen molar-refractivity contribution in [3.8, 4) is 0 Å². The summed E-state index contributed by atoms with van der Waals surface area (Å²) in [6.45, 7) is 14.7. The molecule has 1 aromatic rings. The second-order valence-electron chi connectivity index (χ2n) is 7.66. The van der Waals surface area contributed by atoms with Crippen LogP contribution in [0.4, 0.5) is 8.78 Å². The molecule has 1 saturated heterocycles. The van der Waals surface area contributed by atoms with Crippen LogP contribution in [-0.4, -0.2) is 44.0 Å². The van der Waals surface area contributed by atoms with Crippen molar-refractivity contribution in [1.82, 2.24) is 10.2 Å². The quantitative estimate of drug-likeness (QED) is 0.525. The molecular formula is C23H37F2N3. The zero-order chi connectivity index (χ0) is 21.1. The number of allylic oxidation sites excluding steroid dienone is 1. The first-order valence-electron chi connectivity index (χ1n) is 10.3. The van der Waals surface area contributed by atoms with Gasteiger partial charge < -0.3 is 10.2 Å². The van der Waals surface area contributed by atoms with E-state index in [1.54, 1.807) is 0 Å². The SMILES string of the molecule is CCC/C(=C\C(=NC)N1CCNCC1)C(C)C.Cc1cc(C)cc(C(F)F)c1. The van der Waals surface area contributed by atoms with Crippen molar-refractivity contribution in [2.75, 3.05) is 33.2 Å². The number of halogens is 2. The zero-order valence-corrected chi connectivity index (χ0v) is 18.4. The summed E-state index contributed by atoms with van der Waals surface area (Å²) in [6, 6.07) is 4.90. The highest BCUT2D eigenvalue weighted by Crippen LogP contribution is 2.20. The Morgan fingerprint density at radius 2 is 1.71 bits per heavy atom. The molecule has 1 aromatic carbocycles. The third-order valence-electron chi connectivity index (χ3n) is 4.76. The lowest BCUT2D eigenvalue weighted by atomic mass is 9.98. The molecule has 0 bridgehead atoms. The first-order valence-corrected chi connectivity index (χ1v) is 10.3. The maximum atomic E-state index is 12.1. The Kier molecular flexibility index (Phi) is 11.0. The standard InChI is InChI=1S/C14H27N3.C9H10F2/c1-5-6-13(12(2)3)11-14(15-4)17-9-7-16-8-10-17;1-6-3-7(2)5-8(4-6)9(10)11/h11-12,16H,5-10H2,1-4H3;3-5,9H,1-2H3/b13-11+,15-14?;. The third kappa shape index (κ3) is 8.51. The number of piperazine rings is 1. The predicted molar refractivity (Wildman–Crippen MR) is 117 cm³/mol. The summed E-state index contributed by atoms with van der Waals surface area (Å²) in [5.41, 5.74) is 3.41. The zero-order valence-electron chi connectivity index (χ0n) is 18.4. The van der Waals surface area contributed by atoms with Crippen LogP contribution in [0.25, 0.3) is 0 Å².